The highest BCUT2D eigenvalue weighted by molar-refractivity contribution is 9.10. The van der Waals surface area contributed by atoms with E-state index >= 15 is 0 Å². The van der Waals surface area contributed by atoms with Gasteiger partial charge in [-0.3, -0.25) is 0 Å². The second-order valence-corrected chi connectivity index (χ2v) is 5.74. The average Bonchev–Trinajstić information content (AvgIpc) is 2.49. The van der Waals surface area contributed by atoms with E-state index in [4.69, 9.17) is 21.1 Å². The van der Waals surface area contributed by atoms with Gasteiger partial charge in [0.15, 0.2) is 11.5 Å². The molecule has 104 valence electrons. The fourth-order valence-corrected chi connectivity index (χ4v) is 2.54. The van der Waals surface area contributed by atoms with E-state index in [2.05, 4.69) is 15.9 Å². The largest absolute Gasteiger partial charge is 0.486 e. The van der Waals surface area contributed by atoms with Crippen LogP contribution in [0.1, 0.15) is 17.2 Å². The number of aliphatic hydroxyl groups excluding tert-OH is 1. The van der Waals surface area contributed by atoms with Crippen LogP contribution in [-0.4, -0.2) is 18.3 Å². The molecule has 0 saturated heterocycles. The van der Waals surface area contributed by atoms with Crippen LogP contribution >= 0.6 is 27.5 Å². The Hall–Kier alpha value is -1.23. The molecule has 1 aliphatic heterocycles. The Kier molecular flexibility index (Phi) is 3.87. The third kappa shape index (κ3) is 2.64. The predicted molar refractivity (Wildman–Crippen MR) is 80.6 cm³/mol. The first-order valence-corrected chi connectivity index (χ1v) is 7.35. The third-order valence-corrected chi connectivity index (χ3v) is 4.37. The van der Waals surface area contributed by atoms with E-state index < -0.39 is 6.10 Å². The van der Waals surface area contributed by atoms with Crippen LogP contribution in [0.3, 0.4) is 0 Å². The van der Waals surface area contributed by atoms with Gasteiger partial charge in [0, 0.05) is 4.47 Å². The van der Waals surface area contributed by atoms with Crippen LogP contribution in [0.25, 0.3) is 0 Å². The first-order chi connectivity index (χ1) is 9.65. The molecule has 20 heavy (non-hydrogen) atoms. The average molecular weight is 356 g/mol. The van der Waals surface area contributed by atoms with Crippen LogP contribution in [0, 0.1) is 0 Å². The molecule has 1 N–H and O–H groups in total. The SMILES string of the molecule is OC(c1ccc(Br)c(Cl)c1)c1ccc2c(c1)OCCO2. The van der Waals surface area contributed by atoms with E-state index in [1.54, 1.807) is 12.1 Å². The topological polar surface area (TPSA) is 38.7 Å². The van der Waals surface area contributed by atoms with Crippen LogP contribution in [0.5, 0.6) is 11.5 Å². The summed E-state index contributed by atoms with van der Waals surface area (Å²) >= 11 is 9.39. The van der Waals surface area contributed by atoms with Crippen molar-refractivity contribution in [2.45, 2.75) is 6.10 Å². The van der Waals surface area contributed by atoms with Gasteiger partial charge in [-0.05, 0) is 51.3 Å². The van der Waals surface area contributed by atoms with E-state index in [1.165, 1.54) is 0 Å². The summed E-state index contributed by atoms with van der Waals surface area (Å²) in [6.45, 7) is 1.08. The van der Waals surface area contributed by atoms with E-state index in [0.717, 1.165) is 15.6 Å². The Morgan fingerprint density at radius 1 is 1.00 bits per heavy atom. The fourth-order valence-electron chi connectivity index (χ4n) is 2.10. The quantitative estimate of drug-likeness (QED) is 0.886. The van der Waals surface area contributed by atoms with Gasteiger partial charge >= 0.3 is 0 Å². The number of ether oxygens (including phenoxy) is 2. The van der Waals surface area contributed by atoms with Crippen molar-refractivity contribution in [3.05, 3.63) is 57.0 Å². The van der Waals surface area contributed by atoms with Crippen LogP contribution in [0.15, 0.2) is 40.9 Å². The lowest BCUT2D eigenvalue weighted by molar-refractivity contribution is 0.169. The molecule has 1 aliphatic rings. The molecule has 0 saturated carbocycles. The lowest BCUT2D eigenvalue weighted by Crippen LogP contribution is -2.15. The summed E-state index contributed by atoms with van der Waals surface area (Å²) in [6.07, 6.45) is -0.753. The Morgan fingerprint density at radius 3 is 2.40 bits per heavy atom. The van der Waals surface area contributed by atoms with Gasteiger partial charge in [0.25, 0.3) is 0 Å². The summed E-state index contributed by atoms with van der Waals surface area (Å²) in [5.41, 5.74) is 1.47. The number of aliphatic hydroxyl groups is 1. The van der Waals surface area contributed by atoms with Crippen molar-refractivity contribution >= 4 is 27.5 Å². The van der Waals surface area contributed by atoms with Crippen molar-refractivity contribution in [3.63, 3.8) is 0 Å². The fraction of sp³-hybridized carbons (Fsp3) is 0.200. The normalized spacial score (nSPS) is 14.9. The molecular weight excluding hydrogens is 344 g/mol. The summed E-state index contributed by atoms with van der Waals surface area (Å²) in [5, 5.41) is 11.0. The van der Waals surface area contributed by atoms with Gasteiger partial charge in [-0.2, -0.15) is 0 Å². The highest BCUT2D eigenvalue weighted by Crippen LogP contribution is 2.35. The standard InChI is InChI=1S/C15H12BrClO3/c16-11-3-1-9(7-12(11)17)15(18)10-2-4-13-14(8-10)20-6-5-19-13/h1-4,7-8,15,18H,5-6H2. The van der Waals surface area contributed by atoms with Gasteiger partial charge in [0.2, 0.25) is 0 Å². The zero-order chi connectivity index (χ0) is 14.1. The Bertz CT molecular complexity index is 645. The van der Waals surface area contributed by atoms with Crippen molar-refractivity contribution in [2.24, 2.45) is 0 Å². The zero-order valence-corrected chi connectivity index (χ0v) is 12.8. The molecule has 3 rings (SSSR count). The molecule has 0 amide bonds. The third-order valence-electron chi connectivity index (χ3n) is 3.14. The van der Waals surface area contributed by atoms with Gasteiger partial charge in [-0.25, -0.2) is 0 Å². The summed E-state index contributed by atoms with van der Waals surface area (Å²) in [7, 11) is 0. The zero-order valence-electron chi connectivity index (χ0n) is 10.5. The van der Waals surface area contributed by atoms with Crippen molar-refractivity contribution in [3.8, 4) is 11.5 Å². The van der Waals surface area contributed by atoms with Gasteiger partial charge in [0.05, 0.1) is 5.02 Å². The summed E-state index contributed by atoms with van der Waals surface area (Å²) in [5.74, 6) is 1.37. The molecule has 2 aromatic rings. The van der Waals surface area contributed by atoms with Crippen LogP contribution in [0.4, 0.5) is 0 Å². The molecular formula is C15H12BrClO3. The number of hydrogen-bond acceptors (Lipinski definition) is 3. The van der Waals surface area contributed by atoms with E-state index in [1.807, 2.05) is 24.3 Å². The summed E-state index contributed by atoms with van der Waals surface area (Å²) in [6, 6.07) is 10.8. The molecule has 0 radical (unpaired) electrons. The smallest absolute Gasteiger partial charge is 0.161 e. The molecule has 1 unspecified atom stereocenters. The van der Waals surface area contributed by atoms with Gasteiger partial charge in [-0.15, -0.1) is 0 Å². The van der Waals surface area contributed by atoms with Crippen molar-refractivity contribution < 1.29 is 14.6 Å². The molecule has 1 atom stereocenters. The van der Waals surface area contributed by atoms with Crippen LogP contribution in [0.2, 0.25) is 5.02 Å². The molecule has 1 heterocycles. The summed E-state index contributed by atoms with van der Waals surface area (Å²) < 4.78 is 11.8. The van der Waals surface area contributed by atoms with Crippen LogP contribution < -0.4 is 9.47 Å². The highest BCUT2D eigenvalue weighted by Gasteiger charge is 2.17. The maximum atomic E-state index is 10.4. The van der Waals surface area contributed by atoms with Gasteiger partial charge in [-0.1, -0.05) is 23.7 Å². The minimum atomic E-state index is -0.753. The number of hydrogen-bond donors (Lipinski definition) is 1. The molecule has 0 bridgehead atoms. The maximum Gasteiger partial charge on any atom is 0.161 e. The lowest BCUT2D eigenvalue weighted by atomic mass is 10.0. The number of fused-ring (bicyclic) bond motifs is 1. The van der Waals surface area contributed by atoms with Crippen molar-refractivity contribution in [1.29, 1.82) is 0 Å². The van der Waals surface area contributed by atoms with Gasteiger partial charge < -0.3 is 14.6 Å². The minimum absolute atomic E-state index is 0.524. The number of benzene rings is 2. The highest BCUT2D eigenvalue weighted by atomic mass is 79.9. The molecule has 0 aromatic heterocycles. The first kappa shape index (κ1) is 13.7. The Balaban J connectivity index is 1.93. The molecule has 0 aliphatic carbocycles. The predicted octanol–water partition coefficient (Wildman–Crippen LogP) is 3.96. The van der Waals surface area contributed by atoms with Gasteiger partial charge in [0.1, 0.15) is 19.3 Å². The maximum absolute atomic E-state index is 10.4. The molecule has 0 spiro atoms. The monoisotopic (exact) mass is 354 g/mol. The Morgan fingerprint density at radius 2 is 1.65 bits per heavy atom. The van der Waals surface area contributed by atoms with Crippen molar-refractivity contribution in [1.82, 2.24) is 0 Å². The van der Waals surface area contributed by atoms with Crippen LogP contribution in [-0.2, 0) is 0 Å². The molecule has 0 fully saturated rings. The Labute approximate surface area is 130 Å². The molecule has 5 heteroatoms. The second kappa shape index (κ2) is 5.64. The summed E-state index contributed by atoms with van der Waals surface area (Å²) in [4.78, 5) is 0. The van der Waals surface area contributed by atoms with E-state index in [-0.39, 0.29) is 0 Å². The van der Waals surface area contributed by atoms with Crippen molar-refractivity contribution in [2.75, 3.05) is 13.2 Å². The first-order valence-electron chi connectivity index (χ1n) is 6.18. The van der Waals surface area contributed by atoms with E-state index in [0.29, 0.717) is 29.7 Å². The second-order valence-electron chi connectivity index (χ2n) is 4.48. The van der Waals surface area contributed by atoms with E-state index in [9.17, 15) is 5.11 Å². The lowest BCUT2D eigenvalue weighted by Gasteiger charge is -2.20. The molecule has 2 aromatic carbocycles. The number of rotatable bonds is 2. The minimum Gasteiger partial charge on any atom is -0.486 e. The molecule has 3 nitrogen and oxygen atoms in total. The number of halogens is 2.